The molecule has 2 atom stereocenters. The fourth-order valence-corrected chi connectivity index (χ4v) is 2.46. The quantitative estimate of drug-likeness (QED) is 0.767. The van der Waals surface area contributed by atoms with Crippen LogP contribution in [0.1, 0.15) is 13.8 Å². The van der Waals surface area contributed by atoms with Crippen LogP contribution in [0, 0.1) is 0 Å². The van der Waals surface area contributed by atoms with Crippen molar-refractivity contribution in [3.63, 3.8) is 0 Å². The second kappa shape index (κ2) is 4.52. The van der Waals surface area contributed by atoms with Crippen LogP contribution in [0.15, 0.2) is 18.2 Å². The van der Waals surface area contributed by atoms with E-state index < -0.39 is 0 Å². The van der Waals surface area contributed by atoms with Crippen LogP contribution in [0.2, 0.25) is 5.02 Å². The van der Waals surface area contributed by atoms with Crippen molar-refractivity contribution < 1.29 is 4.74 Å². The average molecular weight is 241 g/mol. The van der Waals surface area contributed by atoms with Crippen LogP contribution in [0.25, 0.3) is 0 Å². The van der Waals surface area contributed by atoms with Gasteiger partial charge in [-0.25, -0.2) is 0 Å². The van der Waals surface area contributed by atoms with Crippen molar-refractivity contribution in [3.05, 3.63) is 23.2 Å². The van der Waals surface area contributed by atoms with Gasteiger partial charge in [-0.2, -0.15) is 0 Å². The Hall–Kier alpha value is -0.930. The van der Waals surface area contributed by atoms with Gasteiger partial charge < -0.3 is 15.4 Å². The van der Waals surface area contributed by atoms with Crippen molar-refractivity contribution in [3.8, 4) is 0 Å². The number of rotatable bonds is 1. The molecule has 1 fully saturated rings. The Morgan fingerprint density at radius 2 is 1.94 bits per heavy atom. The summed E-state index contributed by atoms with van der Waals surface area (Å²) in [6.07, 6.45) is 0.467. The summed E-state index contributed by atoms with van der Waals surface area (Å²) in [5.41, 5.74) is 7.42. The summed E-state index contributed by atoms with van der Waals surface area (Å²) in [7, 11) is 0. The highest BCUT2D eigenvalue weighted by Gasteiger charge is 2.23. The van der Waals surface area contributed by atoms with Gasteiger partial charge in [0.25, 0.3) is 0 Å². The van der Waals surface area contributed by atoms with Gasteiger partial charge in [0.2, 0.25) is 0 Å². The minimum absolute atomic E-state index is 0.234. The predicted molar refractivity (Wildman–Crippen MR) is 68.1 cm³/mol. The Balaban J connectivity index is 2.23. The molecule has 2 rings (SSSR count). The van der Waals surface area contributed by atoms with Crippen LogP contribution in [0.3, 0.4) is 0 Å². The van der Waals surface area contributed by atoms with E-state index >= 15 is 0 Å². The fourth-order valence-electron chi connectivity index (χ4n) is 2.15. The Kier molecular flexibility index (Phi) is 3.26. The zero-order valence-electron chi connectivity index (χ0n) is 9.61. The summed E-state index contributed by atoms with van der Waals surface area (Å²) in [5, 5.41) is 0.710. The number of nitrogens with two attached hydrogens (primary N) is 1. The van der Waals surface area contributed by atoms with E-state index in [9.17, 15) is 0 Å². The van der Waals surface area contributed by atoms with Crippen LogP contribution < -0.4 is 10.6 Å². The predicted octanol–water partition coefficient (Wildman–Crippen LogP) is 2.54. The first-order valence-corrected chi connectivity index (χ1v) is 5.89. The maximum Gasteiger partial charge on any atom is 0.0726 e. The molecule has 0 radical (unpaired) electrons. The van der Waals surface area contributed by atoms with Gasteiger partial charge in [0.1, 0.15) is 0 Å². The number of halogens is 1. The lowest BCUT2D eigenvalue weighted by atomic mass is 10.2. The molecule has 2 N–H and O–H groups in total. The van der Waals surface area contributed by atoms with E-state index in [2.05, 4.69) is 18.7 Å². The first-order chi connectivity index (χ1) is 7.56. The molecule has 1 aliphatic heterocycles. The molecule has 4 heteroatoms. The maximum atomic E-state index is 6.20. The number of anilines is 2. The fraction of sp³-hybridized carbons (Fsp3) is 0.500. The van der Waals surface area contributed by atoms with E-state index in [1.807, 2.05) is 12.1 Å². The van der Waals surface area contributed by atoms with Gasteiger partial charge in [0, 0.05) is 18.8 Å². The molecular formula is C12H17ClN2O. The van der Waals surface area contributed by atoms with Gasteiger partial charge in [-0.15, -0.1) is 0 Å². The molecule has 1 aliphatic rings. The van der Waals surface area contributed by atoms with Crippen molar-refractivity contribution in [1.29, 1.82) is 0 Å². The number of hydrogen-bond acceptors (Lipinski definition) is 3. The van der Waals surface area contributed by atoms with E-state index in [1.54, 1.807) is 6.07 Å². The molecule has 0 amide bonds. The molecule has 16 heavy (non-hydrogen) atoms. The number of nitrogens with zero attached hydrogens (tertiary/aromatic N) is 1. The van der Waals surface area contributed by atoms with E-state index in [1.165, 1.54) is 0 Å². The minimum Gasteiger partial charge on any atom is -0.399 e. The second-order valence-corrected chi connectivity index (χ2v) is 4.78. The van der Waals surface area contributed by atoms with Crippen molar-refractivity contribution in [2.24, 2.45) is 0 Å². The molecule has 0 unspecified atom stereocenters. The highest BCUT2D eigenvalue weighted by molar-refractivity contribution is 6.33. The van der Waals surface area contributed by atoms with Gasteiger partial charge in [0.05, 0.1) is 22.9 Å². The third kappa shape index (κ3) is 2.42. The zero-order valence-corrected chi connectivity index (χ0v) is 10.4. The van der Waals surface area contributed by atoms with Gasteiger partial charge in [-0.1, -0.05) is 11.6 Å². The Bertz CT molecular complexity index is 373. The summed E-state index contributed by atoms with van der Waals surface area (Å²) in [6.45, 7) is 5.89. The molecule has 3 nitrogen and oxygen atoms in total. The van der Waals surface area contributed by atoms with Gasteiger partial charge in [-0.05, 0) is 32.0 Å². The van der Waals surface area contributed by atoms with Crippen LogP contribution in [0.5, 0.6) is 0 Å². The van der Waals surface area contributed by atoms with Crippen molar-refractivity contribution in [1.82, 2.24) is 0 Å². The number of benzene rings is 1. The van der Waals surface area contributed by atoms with Crippen LogP contribution >= 0.6 is 11.6 Å². The monoisotopic (exact) mass is 240 g/mol. The van der Waals surface area contributed by atoms with E-state index in [0.29, 0.717) is 10.7 Å². The summed E-state index contributed by atoms with van der Waals surface area (Å²) in [4.78, 5) is 2.25. The van der Waals surface area contributed by atoms with Gasteiger partial charge in [0.15, 0.2) is 0 Å². The summed E-state index contributed by atoms with van der Waals surface area (Å²) in [6, 6.07) is 5.65. The standard InChI is InChI=1S/C12H17ClN2O/c1-8-6-15(7-9(2)16-8)12-4-3-10(14)5-11(12)13/h3-5,8-9H,6-7,14H2,1-2H3/t8-,9-/m1/s1. The molecule has 0 saturated carbocycles. The third-order valence-electron chi connectivity index (χ3n) is 2.73. The number of hydrogen-bond donors (Lipinski definition) is 1. The topological polar surface area (TPSA) is 38.5 Å². The normalized spacial score (nSPS) is 25.8. The molecule has 0 bridgehead atoms. The highest BCUT2D eigenvalue weighted by Crippen LogP contribution is 2.29. The molecule has 1 aromatic carbocycles. The summed E-state index contributed by atoms with van der Waals surface area (Å²) >= 11 is 6.20. The van der Waals surface area contributed by atoms with E-state index in [4.69, 9.17) is 22.1 Å². The van der Waals surface area contributed by atoms with Crippen LogP contribution in [-0.4, -0.2) is 25.3 Å². The maximum absolute atomic E-state index is 6.20. The van der Waals surface area contributed by atoms with Crippen LogP contribution in [0.4, 0.5) is 11.4 Å². The molecule has 1 saturated heterocycles. The van der Waals surface area contributed by atoms with E-state index in [0.717, 1.165) is 18.8 Å². The van der Waals surface area contributed by atoms with Crippen molar-refractivity contribution in [2.75, 3.05) is 23.7 Å². The lowest BCUT2D eigenvalue weighted by Crippen LogP contribution is -2.45. The Labute approximate surface area is 101 Å². The molecule has 88 valence electrons. The van der Waals surface area contributed by atoms with Crippen molar-refractivity contribution in [2.45, 2.75) is 26.1 Å². The lowest BCUT2D eigenvalue weighted by molar-refractivity contribution is -0.00520. The Morgan fingerprint density at radius 1 is 1.31 bits per heavy atom. The first-order valence-electron chi connectivity index (χ1n) is 5.51. The molecule has 0 aliphatic carbocycles. The van der Waals surface area contributed by atoms with Gasteiger partial charge >= 0.3 is 0 Å². The lowest BCUT2D eigenvalue weighted by Gasteiger charge is -2.37. The molecular weight excluding hydrogens is 224 g/mol. The molecule has 0 spiro atoms. The first kappa shape index (κ1) is 11.6. The largest absolute Gasteiger partial charge is 0.399 e. The van der Waals surface area contributed by atoms with E-state index in [-0.39, 0.29) is 12.2 Å². The number of nitrogen functional groups attached to an aromatic ring is 1. The molecule has 1 aromatic rings. The zero-order chi connectivity index (χ0) is 11.7. The SMILES string of the molecule is C[C@@H]1CN(c2ccc(N)cc2Cl)C[C@@H](C)O1. The second-order valence-electron chi connectivity index (χ2n) is 4.37. The average Bonchev–Trinajstić information content (AvgIpc) is 2.15. The molecule has 1 heterocycles. The Morgan fingerprint density at radius 3 is 2.50 bits per heavy atom. The van der Waals surface area contributed by atoms with Gasteiger partial charge in [-0.3, -0.25) is 0 Å². The highest BCUT2D eigenvalue weighted by atomic mass is 35.5. The number of morpholine rings is 1. The minimum atomic E-state index is 0.234. The molecule has 0 aromatic heterocycles. The van der Waals surface area contributed by atoms with Crippen molar-refractivity contribution >= 4 is 23.0 Å². The third-order valence-corrected chi connectivity index (χ3v) is 3.03. The summed E-state index contributed by atoms with van der Waals surface area (Å²) < 4.78 is 5.69. The summed E-state index contributed by atoms with van der Waals surface area (Å²) in [5.74, 6) is 0. The smallest absolute Gasteiger partial charge is 0.0726 e. The van der Waals surface area contributed by atoms with Crippen LogP contribution in [-0.2, 0) is 4.74 Å². The number of ether oxygens (including phenoxy) is 1.